The Morgan fingerprint density at radius 3 is 2.27 bits per heavy atom. The minimum atomic E-state index is -1.09. The number of hydrogen-bond acceptors (Lipinski definition) is 14. The lowest BCUT2D eigenvalue weighted by atomic mass is 10.1. The second kappa shape index (κ2) is 20.9. The summed E-state index contributed by atoms with van der Waals surface area (Å²) in [6, 6.07) is 7.86. The van der Waals surface area contributed by atoms with E-state index in [0.29, 0.717) is 86.9 Å². The molecule has 0 bridgehead atoms. The zero-order chi connectivity index (χ0) is 47.7. The van der Waals surface area contributed by atoms with Crippen LogP contribution in [0.3, 0.4) is 0 Å². The Bertz CT molecular complexity index is 2930. The number of imidazole rings is 1. The SMILES string of the molecule is CCN/C(=C\C(C)=N)c1ncc2c3cc(C(N)=O)cc(OCCCNC(=O)OCCC(=O)O)c3n(C/C=C/Cn3c(NC(=O)c4cc(C)nn4CC)nc4cc(C(N)=O)cc(OC)c43)c2n1. The molecule has 4 amide bonds. The smallest absolute Gasteiger partial charge is 0.407 e. The number of benzene rings is 2. The number of nitrogens with zero attached hydrogens (tertiary/aromatic N) is 7. The maximum atomic E-state index is 13.7. The largest absolute Gasteiger partial charge is 0.494 e. The van der Waals surface area contributed by atoms with E-state index < -0.39 is 29.8 Å². The van der Waals surface area contributed by atoms with Crippen LogP contribution >= 0.6 is 0 Å². The fraction of sp³-hybridized carbons (Fsp3) is 0.318. The van der Waals surface area contributed by atoms with Gasteiger partial charge in [0.1, 0.15) is 35.0 Å². The quantitative estimate of drug-likeness (QED) is 0.0286. The maximum absolute atomic E-state index is 13.7. The van der Waals surface area contributed by atoms with Crippen LogP contribution in [-0.4, -0.2) is 108 Å². The Morgan fingerprint density at radius 2 is 1.61 bits per heavy atom. The van der Waals surface area contributed by atoms with Crippen molar-refractivity contribution in [3.63, 3.8) is 0 Å². The summed E-state index contributed by atoms with van der Waals surface area (Å²) in [5.74, 6) is -1.87. The first-order valence-corrected chi connectivity index (χ1v) is 20.9. The Hall–Kier alpha value is -8.30. The summed E-state index contributed by atoms with van der Waals surface area (Å²) < 4.78 is 22.1. The standard InChI is InChI=1S/C44H51N13O9/c1-6-48-31(17-24(3)45)40-50-23-29-28-19-26(38(46)60)22-34(65-15-10-12-49-44(63)66-16-11-35(58)59)36(28)55(41(29)52-40)13-8-9-14-56-37-30(20-27(39(47)61)21-33(37)64-5)51-43(56)53-42(62)32-18-25(4)54-57(32)7-2/h8-9,17-23,45,48H,6-7,10-16H2,1-5H3,(H2,46,60)(H2,47,61)(H,49,63)(H,58,59)(H,51,53,62)/b9-8+,31-17-,45-24?. The zero-order valence-electron chi connectivity index (χ0n) is 37.1. The van der Waals surface area contributed by atoms with E-state index in [1.807, 2.05) is 30.6 Å². The topological polar surface area (TPSA) is 312 Å². The molecule has 0 fully saturated rings. The minimum absolute atomic E-state index is 0.0764. The van der Waals surface area contributed by atoms with Crippen molar-refractivity contribution in [2.24, 2.45) is 11.5 Å². The summed E-state index contributed by atoms with van der Waals surface area (Å²) in [5.41, 5.74) is 15.4. The van der Waals surface area contributed by atoms with Gasteiger partial charge in [-0.05, 0) is 70.5 Å². The third-order valence-electron chi connectivity index (χ3n) is 10.0. The van der Waals surface area contributed by atoms with Crippen molar-refractivity contribution in [2.75, 3.05) is 38.7 Å². The number of carboxylic acid groups (broad SMARTS) is 1. The van der Waals surface area contributed by atoms with E-state index in [9.17, 15) is 24.0 Å². The number of rotatable bonds is 22. The number of allylic oxidation sites excluding steroid dienone is 3. The molecule has 0 radical (unpaired) electrons. The molecule has 0 saturated carbocycles. The molecule has 346 valence electrons. The minimum Gasteiger partial charge on any atom is -0.494 e. The van der Waals surface area contributed by atoms with Gasteiger partial charge in [-0.15, -0.1) is 0 Å². The van der Waals surface area contributed by atoms with E-state index in [4.69, 9.17) is 46.2 Å². The number of alkyl carbamates (subject to hydrolysis) is 1. The van der Waals surface area contributed by atoms with Crippen LogP contribution in [0.25, 0.3) is 38.7 Å². The van der Waals surface area contributed by atoms with Crippen molar-refractivity contribution in [2.45, 2.75) is 60.2 Å². The number of amides is 4. The number of ether oxygens (including phenoxy) is 3. The van der Waals surface area contributed by atoms with Crippen molar-refractivity contribution in [1.29, 1.82) is 5.41 Å². The molecule has 6 aromatic rings. The predicted molar refractivity (Wildman–Crippen MR) is 245 cm³/mol. The highest BCUT2D eigenvalue weighted by Crippen LogP contribution is 2.36. The molecular formula is C44H51N13O9. The third kappa shape index (κ3) is 10.7. The van der Waals surface area contributed by atoms with Crippen LogP contribution in [0.2, 0.25) is 0 Å². The van der Waals surface area contributed by atoms with Gasteiger partial charge in [-0.1, -0.05) is 12.2 Å². The van der Waals surface area contributed by atoms with Crippen LogP contribution in [0.1, 0.15) is 76.3 Å². The van der Waals surface area contributed by atoms with Gasteiger partial charge in [-0.25, -0.2) is 19.7 Å². The van der Waals surface area contributed by atoms with Gasteiger partial charge in [0.15, 0.2) is 5.82 Å². The fourth-order valence-corrected chi connectivity index (χ4v) is 7.15. The summed E-state index contributed by atoms with van der Waals surface area (Å²) >= 11 is 0. The average molecular weight is 906 g/mol. The summed E-state index contributed by atoms with van der Waals surface area (Å²) in [5, 5.41) is 31.2. The first-order chi connectivity index (χ1) is 31.6. The lowest BCUT2D eigenvalue weighted by Gasteiger charge is -2.13. The number of carboxylic acids is 1. The highest BCUT2D eigenvalue weighted by Gasteiger charge is 2.23. The molecule has 0 saturated heterocycles. The van der Waals surface area contributed by atoms with E-state index in [1.165, 1.54) is 25.3 Å². The molecule has 0 unspecified atom stereocenters. The molecule has 22 nitrogen and oxygen atoms in total. The number of nitrogens with two attached hydrogens (primary N) is 2. The number of aryl methyl sites for hydroxylation is 2. The van der Waals surface area contributed by atoms with Crippen LogP contribution in [0.4, 0.5) is 10.7 Å². The molecule has 4 aromatic heterocycles. The molecule has 6 rings (SSSR count). The van der Waals surface area contributed by atoms with Gasteiger partial charge in [-0.3, -0.25) is 29.2 Å². The monoisotopic (exact) mass is 905 g/mol. The molecule has 66 heavy (non-hydrogen) atoms. The van der Waals surface area contributed by atoms with Crippen LogP contribution in [-0.2, 0) is 29.2 Å². The Kier molecular flexibility index (Phi) is 15.0. The highest BCUT2D eigenvalue weighted by molar-refractivity contribution is 6.12. The Morgan fingerprint density at radius 1 is 0.894 bits per heavy atom. The summed E-state index contributed by atoms with van der Waals surface area (Å²) in [6.45, 7) is 8.47. The van der Waals surface area contributed by atoms with Gasteiger partial charge >= 0.3 is 12.1 Å². The molecule has 0 aliphatic heterocycles. The number of fused-ring (bicyclic) bond motifs is 4. The number of aliphatic carboxylic acids is 1. The summed E-state index contributed by atoms with van der Waals surface area (Å²) in [7, 11) is 1.45. The number of primary amides is 2. The molecular weight excluding hydrogens is 855 g/mol. The van der Waals surface area contributed by atoms with Crippen LogP contribution < -0.4 is 36.9 Å². The van der Waals surface area contributed by atoms with E-state index in [1.54, 1.807) is 47.5 Å². The van der Waals surface area contributed by atoms with Gasteiger partial charge in [-0.2, -0.15) is 5.10 Å². The van der Waals surface area contributed by atoms with Gasteiger partial charge in [0, 0.05) is 66.5 Å². The lowest BCUT2D eigenvalue weighted by Crippen LogP contribution is -2.27. The van der Waals surface area contributed by atoms with Gasteiger partial charge in [0.25, 0.3) is 5.91 Å². The number of nitrogens with one attached hydrogen (secondary N) is 4. The summed E-state index contributed by atoms with van der Waals surface area (Å²) in [6.07, 6.45) is 6.18. The molecule has 0 aliphatic carbocycles. The number of anilines is 1. The van der Waals surface area contributed by atoms with Crippen molar-refractivity contribution in [1.82, 2.24) is 44.5 Å². The second-order valence-electron chi connectivity index (χ2n) is 14.8. The Labute approximate surface area is 377 Å². The highest BCUT2D eigenvalue weighted by atomic mass is 16.5. The number of carbonyl (C=O) groups is 5. The predicted octanol–water partition coefficient (Wildman–Crippen LogP) is 4.13. The average Bonchev–Trinajstić information content (AvgIpc) is 3.94. The van der Waals surface area contributed by atoms with Crippen molar-refractivity contribution >= 4 is 80.1 Å². The van der Waals surface area contributed by atoms with Gasteiger partial charge < -0.3 is 56.0 Å². The van der Waals surface area contributed by atoms with Crippen molar-refractivity contribution < 1.29 is 43.3 Å². The number of hydrogen-bond donors (Lipinski definition) is 7. The first-order valence-electron chi connectivity index (χ1n) is 20.9. The number of aromatic nitrogens is 7. The van der Waals surface area contributed by atoms with Gasteiger partial charge in [0.2, 0.25) is 17.8 Å². The van der Waals surface area contributed by atoms with Crippen LogP contribution in [0, 0.1) is 12.3 Å². The molecule has 4 heterocycles. The molecule has 0 atom stereocenters. The van der Waals surface area contributed by atoms with Crippen molar-refractivity contribution in [3.8, 4) is 11.5 Å². The fourth-order valence-electron chi connectivity index (χ4n) is 7.15. The first kappa shape index (κ1) is 47.2. The van der Waals surface area contributed by atoms with E-state index in [-0.39, 0.29) is 62.1 Å². The Balaban J connectivity index is 1.41. The zero-order valence-corrected chi connectivity index (χ0v) is 37.1. The molecule has 22 heteroatoms. The lowest BCUT2D eigenvalue weighted by molar-refractivity contribution is -0.137. The van der Waals surface area contributed by atoms with Gasteiger partial charge in [0.05, 0.1) is 42.6 Å². The number of methoxy groups -OCH3 is 1. The van der Waals surface area contributed by atoms with Crippen LogP contribution in [0.15, 0.2) is 54.8 Å². The molecule has 0 aliphatic rings. The summed E-state index contributed by atoms with van der Waals surface area (Å²) in [4.78, 5) is 75.8. The third-order valence-corrected chi connectivity index (χ3v) is 10.0. The van der Waals surface area contributed by atoms with Crippen molar-refractivity contribution in [3.05, 3.63) is 83.1 Å². The number of carbonyl (C=O) groups excluding carboxylic acids is 4. The normalized spacial score (nSPS) is 11.6. The molecule has 2 aromatic carbocycles. The van der Waals surface area contributed by atoms with E-state index in [0.717, 1.165) is 0 Å². The maximum Gasteiger partial charge on any atom is 0.407 e. The van der Waals surface area contributed by atoms with Crippen LogP contribution in [0.5, 0.6) is 11.5 Å². The van der Waals surface area contributed by atoms with E-state index >= 15 is 0 Å². The van der Waals surface area contributed by atoms with E-state index in [2.05, 4.69) is 26.0 Å². The molecule has 0 spiro atoms. The molecule has 9 N–H and O–H groups in total. The second-order valence-corrected chi connectivity index (χ2v) is 14.8.